The first-order chi connectivity index (χ1) is 16.7. The predicted octanol–water partition coefficient (Wildman–Crippen LogP) is 3.22. The fourth-order valence-corrected chi connectivity index (χ4v) is 5.72. The molecule has 36 heavy (non-hydrogen) atoms. The number of carboxylic acids is 1. The van der Waals surface area contributed by atoms with Gasteiger partial charge >= 0.3 is 12.1 Å². The highest BCUT2D eigenvalue weighted by atomic mass is 32.2. The lowest BCUT2D eigenvalue weighted by atomic mass is 10.0. The third kappa shape index (κ3) is 6.01. The number of carbonyl (C=O) groups is 2. The number of nitrogens with zero attached hydrogens (tertiary/aromatic N) is 3. The SMILES string of the molecule is Cc1ccc(S(=O)(=O)N2CCC3(CC3C(=O)N(C)Cc3ccccn3)C2)cc1F.O=C(O)C(F)(F)F. The molecule has 2 aromatic rings. The van der Waals surface area contributed by atoms with Gasteiger partial charge in [0.15, 0.2) is 0 Å². The van der Waals surface area contributed by atoms with E-state index in [1.165, 1.54) is 16.4 Å². The fourth-order valence-electron chi connectivity index (χ4n) is 4.17. The van der Waals surface area contributed by atoms with Crippen LogP contribution in [-0.4, -0.2) is 65.9 Å². The molecule has 196 valence electrons. The summed E-state index contributed by atoms with van der Waals surface area (Å²) in [5.74, 6) is -3.44. The summed E-state index contributed by atoms with van der Waals surface area (Å²) in [4.78, 5) is 27.6. The zero-order valence-corrected chi connectivity index (χ0v) is 20.3. The molecule has 1 aliphatic heterocycles. The third-order valence-corrected chi connectivity index (χ3v) is 8.20. The van der Waals surface area contributed by atoms with Gasteiger partial charge in [-0.15, -0.1) is 0 Å². The molecule has 1 aliphatic carbocycles. The van der Waals surface area contributed by atoms with Gasteiger partial charge in [-0.3, -0.25) is 9.78 Å². The summed E-state index contributed by atoms with van der Waals surface area (Å²) in [5.41, 5.74) is 0.923. The second kappa shape index (κ2) is 10.1. The van der Waals surface area contributed by atoms with Crippen LogP contribution in [0.1, 0.15) is 24.1 Å². The zero-order chi connectivity index (χ0) is 26.9. The molecule has 1 N–H and O–H groups in total. The normalized spacial score (nSPS) is 21.6. The number of hydrogen-bond donors (Lipinski definition) is 1. The molecule has 2 fully saturated rings. The van der Waals surface area contributed by atoms with E-state index in [9.17, 15) is 30.8 Å². The van der Waals surface area contributed by atoms with E-state index in [-0.39, 0.29) is 22.1 Å². The Morgan fingerprint density at radius 2 is 1.92 bits per heavy atom. The average molecular weight is 532 g/mol. The summed E-state index contributed by atoms with van der Waals surface area (Å²) in [6, 6.07) is 9.57. The number of aromatic nitrogens is 1. The van der Waals surface area contributed by atoms with Crippen molar-refractivity contribution in [2.45, 2.75) is 37.4 Å². The number of aliphatic carboxylic acids is 1. The number of pyridine rings is 1. The maximum absolute atomic E-state index is 13.9. The van der Waals surface area contributed by atoms with Crippen LogP contribution in [0, 0.1) is 24.1 Å². The summed E-state index contributed by atoms with van der Waals surface area (Å²) in [7, 11) is -2.02. The van der Waals surface area contributed by atoms with Gasteiger partial charge in [-0.25, -0.2) is 17.6 Å². The number of amides is 1. The van der Waals surface area contributed by atoms with E-state index in [1.54, 1.807) is 25.1 Å². The topological polar surface area (TPSA) is 108 Å². The second-order valence-electron chi connectivity index (χ2n) is 8.94. The number of benzene rings is 1. The highest BCUT2D eigenvalue weighted by Crippen LogP contribution is 2.59. The molecule has 4 rings (SSSR count). The molecule has 1 amide bonds. The minimum absolute atomic E-state index is 0.0243. The molecule has 2 unspecified atom stereocenters. The van der Waals surface area contributed by atoms with Crippen LogP contribution in [0.5, 0.6) is 0 Å². The number of carbonyl (C=O) groups excluding carboxylic acids is 1. The van der Waals surface area contributed by atoms with E-state index in [1.807, 2.05) is 18.2 Å². The van der Waals surface area contributed by atoms with E-state index in [2.05, 4.69) is 4.98 Å². The van der Waals surface area contributed by atoms with Crippen LogP contribution < -0.4 is 0 Å². The molecular formula is C23H25F4N3O5S. The monoisotopic (exact) mass is 531 g/mol. The minimum atomic E-state index is -5.08. The summed E-state index contributed by atoms with van der Waals surface area (Å²) >= 11 is 0. The van der Waals surface area contributed by atoms with Crippen molar-refractivity contribution in [3.63, 3.8) is 0 Å². The first-order valence-electron chi connectivity index (χ1n) is 10.9. The first kappa shape index (κ1) is 27.5. The Hall–Kier alpha value is -3.06. The molecule has 13 heteroatoms. The molecule has 1 spiro atoms. The van der Waals surface area contributed by atoms with Crippen molar-refractivity contribution < 1.29 is 40.7 Å². The van der Waals surface area contributed by atoms with Gasteiger partial charge < -0.3 is 10.0 Å². The van der Waals surface area contributed by atoms with Crippen LogP contribution in [0.25, 0.3) is 0 Å². The Balaban J connectivity index is 0.000000454. The number of sulfonamides is 1. The average Bonchev–Trinajstić information content (AvgIpc) is 3.33. The number of halogens is 4. The molecule has 0 radical (unpaired) electrons. The Bertz CT molecular complexity index is 1240. The van der Waals surface area contributed by atoms with E-state index in [4.69, 9.17) is 9.90 Å². The van der Waals surface area contributed by atoms with Gasteiger partial charge in [0, 0.05) is 32.3 Å². The minimum Gasteiger partial charge on any atom is -0.475 e. The van der Waals surface area contributed by atoms with E-state index in [0.717, 1.165) is 11.8 Å². The summed E-state index contributed by atoms with van der Waals surface area (Å²) in [6.07, 6.45) is -2.05. The largest absolute Gasteiger partial charge is 0.490 e. The number of hydrogen-bond acceptors (Lipinski definition) is 5. The van der Waals surface area contributed by atoms with Crippen LogP contribution in [0.15, 0.2) is 47.5 Å². The Labute approximate surface area is 205 Å². The first-order valence-corrected chi connectivity index (χ1v) is 12.3. The second-order valence-corrected chi connectivity index (χ2v) is 10.9. The Morgan fingerprint density at radius 1 is 1.25 bits per heavy atom. The fraction of sp³-hybridized carbons (Fsp3) is 0.435. The van der Waals surface area contributed by atoms with Gasteiger partial charge in [0.05, 0.1) is 17.1 Å². The van der Waals surface area contributed by atoms with Crippen LogP contribution in [0.2, 0.25) is 0 Å². The van der Waals surface area contributed by atoms with Gasteiger partial charge in [0.1, 0.15) is 5.82 Å². The molecule has 2 atom stereocenters. The van der Waals surface area contributed by atoms with Crippen LogP contribution in [0.3, 0.4) is 0 Å². The number of aryl methyl sites for hydroxylation is 1. The van der Waals surface area contributed by atoms with E-state index in [0.29, 0.717) is 38.0 Å². The molecule has 2 heterocycles. The number of rotatable bonds is 5. The highest BCUT2D eigenvalue weighted by molar-refractivity contribution is 7.89. The van der Waals surface area contributed by atoms with Crippen molar-refractivity contribution >= 4 is 21.9 Å². The molecule has 1 aromatic heterocycles. The lowest BCUT2D eigenvalue weighted by Gasteiger charge is -2.19. The lowest BCUT2D eigenvalue weighted by molar-refractivity contribution is -0.192. The molecule has 2 aliphatic rings. The van der Waals surface area contributed by atoms with E-state index < -0.39 is 28.0 Å². The predicted molar refractivity (Wildman–Crippen MR) is 119 cm³/mol. The Morgan fingerprint density at radius 3 is 2.47 bits per heavy atom. The number of alkyl halides is 3. The molecule has 0 bridgehead atoms. The van der Waals surface area contributed by atoms with Gasteiger partial charge in [-0.05, 0) is 55.0 Å². The van der Waals surface area contributed by atoms with Crippen molar-refractivity contribution in [3.05, 3.63) is 59.7 Å². The third-order valence-electron chi connectivity index (χ3n) is 6.36. The van der Waals surface area contributed by atoms with Gasteiger partial charge in [-0.1, -0.05) is 12.1 Å². The molecular weight excluding hydrogens is 506 g/mol. The van der Waals surface area contributed by atoms with Crippen molar-refractivity contribution in [2.24, 2.45) is 11.3 Å². The number of carboxylic acid groups (broad SMARTS) is 1. The van der Waals surface area contributed by atoms with Crippen molar-refractivity contribution in [1.29, 1.82) is 0 Å². The lowest BCUT2D eigenvalue weighted by Crippen LogP contribution is -2.32. The van der Waals surface area contributed by atoms with Crippen molar-refractivity contribution in [1.82, 2.24) is 14.2 Å². The van der Waals surface area contributed by atoms with Crippen LogP contribution in [0.4, 0.5) is 17.6 Å². The molecule has 1 aromatic carbocycles. The van der Waals surface area contributed by atoms with Crippen molar-refractivity contribution in [3.8, 4) is 0 Å². The Kier molecular flexibility index (Phi) is 7.75. The standard InChI is InChI=1S/C21H24FN3O3S.C2HF3O2/c1-15-6-7-17(11-19(15)22)29(27,28)25-10-8-21(14-25)12-18(21)20(26)24(2)13-16-5-3-4-9-23-16;3-2(4,5)1(6)7/h3-7,9,11,18H,8,10,12-14H2,1-2H3;(H,6,7). The smallest absolute Gasteiger partial charge is 0.475 e. The maximum atomic E-state index is 13.9. The van der Waals surface area contributed by atoms with Crippen LogP contribution >= 0.6 is 0 Å². The summed E-state index contributed by atoms with van der Waals surface area (Å²) in [6.45, 7) is 2.68. The van der Waals surface area contributed by atoms with Crippen LogP contribution in [-0.2, 0) is 26.2 Å². The molecule has 1 saturated carbocycles. The molecule has 1 saturated heterocycles. The summed E-state index contributed by atoms with van der Waals surface area (Å²) < 4.78 is 72.8. The van der Waals surface area contributed by atoms with Gasteiger partial charge in [0.2, 0.25) is 15.9 Å². The van der Waals surface area contributed by atoms with E-state index >= 15 is 0 Å². The van der Waals surface area contributed by atoms with Gasteiger partial charge in [0.25, 0.3) is 0 Å². The maximum Gasteiger partial charge on any atom is 0.490 e. The quantitative estimate of drug-likeness (QED) is 0.594. The van der Waals surface area contributed by atoms with Crippen molar-refractivity contribution in [2.75, 3.05) is 20.1 Å². The zero-order valence-electron chi connectivity index (χ0n) is 19.5. The molecule has 8 nitrogen and oxygen atoms in total. The van der Waals surface area contributed by atoms with Gasteiger partial charge in [-0.2, -0.15) is 17.5 Å². The highest BCUT2D eigenvalue weighted by Gasteiger charge is 2.62. The summed E-state index contributed by atoms with van der Waals surface area (Å²) in [5, 5.41) is 7.12.